The summed E-state index contributed by atoms with van der Waals surface area (Å²) in [5.41, 5.74) is 3.88. The average Bonchev–Trinajstić information content (AvgIpc) is 2.78. The molecular formula is C30H47F. The van der Waals surface area contributed by atoms with Gasteiger partial charge in [-0.1, -0.05) is 77.7 Å². The molecule has 1 aromatic rings. The first-order valence-electron chi connectivity index (χ1n) is 14.0. The van der Waals surface area contributed by atoms with Gasteiger partial charge >= 0.3 is 0 Å². The third-order valence-corrected chi connectivity index (χ3v) is 9.24. The molecule has 0 bridgehead atoms. The fourth-order valence-corrected chi connectivity index (χ4v) is 7.33. The summed E-state index contributed by atoms with van der Waals surface area (Å²) in [6.07, 6.45) is 22.7. The van der Waals surface area contributed by atoms with Gasteiger partial charge in [-0.2, -0.15) is 0 Å². The molecule has 0 aromatic heterocycles. The monoisotopic (exact) mass is 426 g/mol. The second-order valence-corrected chi connectivity index (χ2v) is 11.5. The number of unbranched alkanes of at least 4 members (excludes halogenated alkanes) is 4. The minimum atomic E-state index is 0.115. The van der Waals surface area contributed by atoms with Crippen LogP contribution in [0.15, 0.2) is 12.1 Å². The lowest BCUT2D eigenvalue weighted by molar-refractivity contribution is 0.112. The summed E-state index contributed by atoms with van der Waals surface area (Å²) in [6, 6.07) is 4.27. The second-order valence-electron chi connectivity index (χ2n) is 11.5. The SMILES string of the molecule is CCCCCC1CCc2cc(C3CCC4CC(CCCCC)CCC4C3)c(F)cc2C1. The zero-order valence-electron chi connectivity index (χ0n) is 20.4. The Morgan fingerprint density at radius 3 is 2.23 bits per heavy atom. The summed E-state index contributed by atoms with van der Waals surface area (Å²) < 4.78 is 15.3. The van der Waals surface area contributed by atoms with Crippen LogP contribution in [0.25, 0.3) is 0 Å². The standard InChI is InChI=1S/C30H47F/c1-3-5-7-9-22-11-13-25-19-27(16-15-24(25)17-22)29-20-26-14-12-23(10-8-6-4-2)18-28(26)21-30(29)31/h20-25,27H,3-19H2,1-2H3. The van der Waals surface area contributed by atoms with Crippen molar-refractivity contribution in [3.63, 3.8) is 0 Å². The molecule has 0 heterocycles. The highest BCUT2D eigenvalue weighted by molar-refractivity contribution is 5.37. The number of hydrogen-bond donors (Lipinski definition) is 0. The summed E-state index contributed by atoms with van der Waals surface area (Å²) >= 11 is 0. The van der Waals surface area contributed by atoms with Gasteiger partial charge in [0.15, 0.2) is 0 Å². The smallest absolute Gasteiger partial charge is 0.126 e. The van der Waals surface area contributed by atoms with Crippen LogP contribution in [0.1, 0.15) is 133 Å². The summed E-state index contributed by atoms with van der Waals surface area (Å²) in [7, 11) is 0. The first kappa shape index (κ1) is 23.3. The molecule has 5 atom stereocenters. The maximum Gasteiger partial charge on any atom is 0.126 e. The Balaban J connectivity index is 1.34. The molecule has 4 rings (SSSR count). The van der Waals surface area contributed by atoms with E-state index in [9.17, 15) is 0 Å². The molecular weight excluding hydrogens is 379 g/mol. The zero-order chi connectivity index (χ0) is 21.6. The van der Waals surface area contributed by atoms with Gasteiger partial charge in [0.25, 0.3) is 0 Å². The van der Waals surface area contributed by atoms with Gasteiger partial charge in [-0.15, -0.1) is 0 Å². The molecule has 1 aromatic carbocycles. The molecule has 0 nitrogen and oxygen atoms in total. The molecule has 3 aliphatic carbocycles. The quantitative estimate of drug-likeness (QED) is 0.345. The summed E-state index contributed by atoms with van der Waals surface area (Å²) in [6.45, 7) is 4.59. The molecule has 5 unspecified atom stereocenters. The van der Waals surface area contributed by atoms with Gasteiger partial charge < -0.3 is 0 Å². The molecule has 2 fully saturated rings. The van der Waals surface area contributed by atoms with Crippen LogP contribution in [0.3, 0.4) is 0 Å². The molecule has 174 valence electrons. The van der Waals surface area contributed by atoms with E-state index in [0.29, 0.717) is 5.92 Å². The molecule has 0 amide bonds. The van der Waals surface area contributed by atoms with Crippen molar-refractivity contribution in [3.05, 3.63) is 34.6 Å². The first-order valence-corrected chi connectivity index (χ1v) is 14.0. The third-order valence-electron chi connectivity index (χ3n) is 9.24. The molecule has 0 N–H and O–H groups in total. The number of halogens is 1. The molecule has 3 aliphatic rings. The lowest BCUT2D eigenvalue weighted by atomic mass is 9.63. The molecule has 31 heavy (non-hydrogen) atoms. The molecule has 0 saturated heterocycles. The van der Waals surface area contributed by atoms with Crippen molar-refractivity contribution in [2.45, 2.75) is 129 Å². The van der Waals surface area contributed by atoms with Crippen LogP contribution < -0.4 is 0 Å². The topological polar surface area (TPSA) is 0 Å². The van der Waals surface area contributed by atoms with E-state index < -0.39 is 0 Å². The van der Waals surface area contributed by atoms with Gasteiger partial charge in [-0.3, -0.25) is 0 Å². The lowest BCUT2D eigenvalue weighted by Crippen LogP contribution is -2.31. The van der Waals surface area contributed by atoms with E-state index in [2.05, 4.69) is 19.9 Å². The van der Waals surface area contributed by atoms with Gasteiger partial charge in [0, 0.05) is 0 Å². The Hall–Kier alpha value is -0.850. The highest BCUT2D eigenvalue weighted by atomic mass is 19.1. The van der Waals surface area contributed by atoms with Crippen LogP contribution in [0.5, 0.6) is 0 Å². The van der Waals surface area contributed by atoms with E-state index >= 15 is 4.39 Å². The predicted octanol–water partition coefficient (Wildman–Crippen LogP) is 9.39. The van der Waals surface area contributed by atoms with Crippen molar-refractivity contribution in [2.24, 2.45) is 23.7 Å². The summed E-state index contributed by atoms with van der Waals surface area (Å²) in [4.78, 5) is 0. The van der Waals surface area contributed by atoms with E-state index in [4.69, 9.17) is 0 Å². The van der Waals surface area contributed by atoms with Crippen LogP contribution in [-0.4, -0.2) is 0 Å². The van der Waals surface area contributed by atoms with Gasteiger partial charge in [0.1, 0.15) is 5.82 Å². The highest BCUT2D eigenvalue weighted by Crippen LogP contribution is 2.49. The predicted molar refractivity (Wildman–Crippen MR) is 131 cm³/mol. The van der Waals surface area contributed by atoms with Crippen molar-refractivity contribution in [3.8, 4) is 0 Å². The van der Waals surface area contributed by atoms with Crippen LogP contribution in [-0.2, 0) is 12.8 Å². The van der Waals surface area contributed by atoms with Gasteiger partial charge in [0.05, 0.1) is 0 Å². The number of hydrogen-bond acceptors (Lipinski definition) is 0. The Morgan fingerprint density at radius 2 is 1.45 bits per heavy atom. The zero-order valence-corrected chi connectivity index (χ0v) is 20.4. The fourth-order valence-electron chi connectivity index (χ4n) is 7.33. The van der Waals surface area contributed by atoms with Crippen LogP contribution in [0, 0.1) is 29.5 Å². The second kappa shape index (κ2) is 11.3. The van der Waals surface area contributed by atoms with Crippen LogP contribution in [0.4, 0.5) is 4.39 Å². The normalized spacial score (nSPS) is 30.6. The van der Waals surface area contributed by atoms with Crippen molar-refractivity contribution in [1.82, 2.24) is 0 Å². The first-order chi connectivity index (χ1) is 15.2. The van der Waals surface area contributed by atoms with Gasteiger partial charge in [-0.05, 0) is 104 Å². The minimum Gasteiger partial charge on any atom is -0.207 e. The van der Waals surface area contributed by atoms with E-state index in [-0.39, 0.29) is 5.82 Å². The van der Waals surface area contributed by atoms with Crippen LogP contribution in [0.2, 0.25) is 0 Å². The Labute approximate surface area is 191 Å². The molecule has 1 heteroatoms. The number of rotatable bonds is 9. The Bertz CT molecular complexity index is 692. The molecule has 2 saturated carbocycles. The van der Waals surface area contributed by atoms with Crippen molar-refractivity contribution in [2.75, 3.05) is 0 Å². The van der Waals surface area contributed by atoms with E-state index in [1.165, 1.54) is 114 Å². The van der Waals surface area contributed by atoms with Crippen molar-refractivity contribution in [1.29, 1.82) is 0 Å². The van der Waals surface area contributed by atoms with Gasteiger partial charge in [-0.25, -0.2) is 4.39 Å². The van der Waals surface area contributed by atoms with E-state index in [1.54, 1.807) is 0 Å². The maximum atomic E-state index is 15.3. The van der Waals surface area contributed by atoms with E-state index in [0.717, 1.165) is 35.7 Å². The lowest BCUT2D eigenvalue weighted by Gasteiger charge is -2.42. The van der Waals surface area contributed by atoms with E-state index in [1.807, 2.05) is 6.07 Å². The Morgan fingerprint density at radius 1 is 0.742 bits per heavy atom. The number of fused-ring (bicyclic) bond motifs is 2. The molecule has 0 radical (unpaired) electrons. The largest absolute Gasteiger partial charge is 0.207 e. The maximum absolute atomic E-state index is 15.3. The molecule has 0 spiro atoms. The Kier molecular flexibility index (Phi) is 8.52. The van der Waals surface area contributed by atoms with Crippen LogP contribution >= 0.6 is 0 Å². The third kappa shape index (κ3) is 5.94. The summed E-state index contributed by atoms with van der Waals surface area (Å²) in [5, 5.41) is 0. The van der Waals surface area contributed by atoms with Gasteiger partial charge in [0.2, 0.25) is 0 Å². The average molecular weight is 427 g/mol. The molecule has 0 aliphatic heterocycles. The van der Waals surface area contributed by atoms with Crippen molar-refractivity contribution >= 4 is 0 Å². The number of aryl methyl sites for hydroxylation is 1. The minimum absolute atomic E-state index is 0.115. The summed E-state index contributed by atoms with van der Waals surface area (Å²) in [5.74, 6) is 4.15. The highest BCUT2D eigenvalue weighted by Gasteiger charge is 2.36. The van der Waals surface area contributed by atoms with Crippen molar-refractivity contribution < 1.29 is 4.39 Å². The number of benzene rings is 1. The fraction of sp³-hybridized carbons (Fsp3) is 0.800.